The molecule has 0 radical (unpaired) electrons. The SMILES string of the molecule is CCCNCC1CCCN(c2ncc3ccccc3n2)C1. The van der Waals surface area contributed by atoms with Crippen LogP contribution in [0.4, 0.5) is 5.95 Å². The minimum atomic E-state index is 0.709. The summed E-state index contributed by atoms with van der Waals surface area (Å²) in [4.78, 5) is 11.6. The van der Waals surface area contributed by atoms with Gasteiger partial charge in [0.2, 0.25) is 5.95 Å². The Hall–Kier alpha value is -1.68. The molecule has 0 amide bonds. The van der Waals surface area contributed by atoms with Crippen molar-refractivity contribution in [3.63, 3.8) is 0 Å². The van der Waals surface area contributed by atoms with Crippen molar-refractivity contribution in [1.82, 2.24) is 15.3 Å². The number of piperidine rings is 1. The first kappa shape index (κ1) is 14.3. The van der Waals surface area contributed by atoms with Gasteiger partial charge in [0.15, 0.2) is 0 Å². The highest BCUT2D eigenvalue weighted by Crippen LogP contribution is 2.21. The van der Waals surface area contributed by atoms with Crippen molar-refractivity contribution in [3.8, 4) is 0 Å². The van der Waals surface area contributed by atoms with E-state index >= 15 is 0 Å². The van der Waals surface area contributed by atoms with Crippen LogP contribution in [-0.4, -0.2) is 36.1 Å². The number of nitrogens with zero attached hydrogens (tertiary/aromatic N) is 3. The average Bonchev–Trinajstić information content (AvgIpc) is 2.55. The van der Waals surface area contributed by atoms with Gasteiger partial charge in [0, 0.05) is 24.7 Å². The minimum absolute atomic E-state index is 0.709. The topological polar surface area (TPSA) is 41.0 Å². The zero-order chi connectivity index (χ0) is 14.5. The summed E-state index contributed by atoms with van der Waals surface area (Å²) in [6.45, 7) is 6.57. The first-order chi connectivity index (χ1) is 10.4. The van der Waals surface area contributed by atoms with Crippen LogP contribution in [0.5, 0.6) is 0 Å². The monoisotopic (exact) mass is 284 g/mol. The average molecular weight is 284 g/mol. The standard InChI is InChI=1S/C17H24N4/c1-2-9-18-11-14-6-5-10-21(13-14)17-19-12-15-7-3-4-8-16(15)20-17/h3-4,7-8,12,14,18H,2,5-6,9-11,13H2,1H3. The molecule has 1 aromatic carbocycles. The van der Waals surface area contributed by atoms with Gasteiger partial charge in [0.1, 0.15) is 0 Å². The van der Waals surface area contributed by atoms with Gasteiger partial charge in [-0.1, -0.05) is 25.1 Å². The molecule has 1 atom stereocenters. The van der Waals surface area contributed by atoms with Crippen LogP contribution in [0.1, 0.15) is 26.2 Å². The van der Waals surface area contributed by atoms with Crippen LogP contribution in [0.2, 0.25) is 0 Å². The Morgan fingerprint density at radius 1 is 1.33 bits per heavy atom. The molecule has 2 aromatic rings. The van der Waals surface area contributed by atoms with E-state index < -0.39 is 0 Å². The maximum Gasteiger partial charge on any atom is 0.225 e. The molecule has 4 heteroatoms. The van der Waals surface area contributed by atoms with Gasteiger partial charge < -0.3 is 10.2 Å². The van der Waals surface area contributed by atoms with E-state index in [1.165, 1.54) is 19.3 Å². The molecule has 0 saturated carbocycles. The smallest absolute Gasteiger partial charge is 0.225 e. The number of benzene rings is 1. The maximum absolute atomic E-state index is 4.72. The molecular weight excluding hydrogens is 260 g/mol. The number of para-hydroxylation sites is 1. The Labute approximate surface area is 126 Å². The summed E-state index contributed by atoms with van der Waals surface area (Å²) < 4.78 is 0. The molecule has 3 rings (SSSR count). The van der Waals surface area contributed by atoms with E-state index in [1.54, 1.807) is 0 Å². The van der Waals surface area contributed by atoms with E-state index in [0.717, 1.165) is 43.0 Å². The number of hydrogen-bond donors (Lipinski definition) is 1. The molecule has 1 fully saturated rings. The molecule has 0 spiro atoms. The molecule has 1 aliphatic heterocycles. The highest BCUT2D eigenvalue weighted by molar-refractivity contribution is 5.78. The summed E-state index contributed by atoms with van der Waals surface area (Å²) in [7, 11) is 0. The molecule has 1 aromatic heterocycles. The van der Waals surface area contributed by atoms with E-state index in [2.05, 4.69) is 34.3 Å². The van der Waals surface area contributed by atoms with Crippen molar-refractivity contribution < 1.29 is 0 Å². The van der Waals surface area contributed by atoms with Gasteiger partial charge in [-0.3, -0.25) is 0 Å². The molecule has 1 aliphatic rings. The van der Waals surface area contributed by atoms with Gasteiger partial charge in [-0.25, -0.2) is 9.97 Å². The van der Waals surface area contributed by atoms with Crippen molar-refractivity contribution in [1.29, 1.82) is 0 Å². The number of aromatic nitrogens is 2. The lowest BCUT2D eigenvalue weighted by atomic mass is 9.98. The predicted molar refractivity (Wildman–Crippen MR) is 87.6 cm³/mol. The number of hydrogen-bond acceptors (Lipinski definition) is 4. The predicted octanol–water partition coefficient (Wildman–Crippen LogP) is 2.85. The lowest BCUT2D eigenvalue weighted by molar-refractivity contribution is 0.389. The lowest BCUT2D eigenvalue weighted by Crippen LogP contribution is -2.40. The molecule has 0 bridgehead atoms. The molecule has 0 aliphatic carbocycles. The van der Waals surface area contributed by atoms with Crippen LogP contribution < -0.4 is 10.2 Å². The van der Waals surface area contributed by atoms with E-state index in [0.29, 0.717) is 5.92 Å². The minimum Gasteiger partial charge on any atom is -0.340 e. The molecule has 1 N–H and O–H groups in total. The highest BCUT2D eigenvalue weighted by atomic mass is 15.3. The molecule has 112 valence electrons. The highest BCUT2D eigenvalue weighted by Gasteiger charge is 2.21. The zero-order valence-corrected chi connectivity index (χ0v) is 12.8. The van der Waals surface area contributed by atoms with Crippen LogP contribution in [0.25, 0.3) is 10.9 Å². The van der Waals surface area contributed by atoms with Crippen molar-refractivity contribution in [2.24, 2.45) is 5.92 Å². The summed E-state index contributed by atoms with van der Waals surface area (Å²) in [6, 6.07) is 8.19. The molecule has 21 heavy (non-hydrogen) atoms. The molecule has 2 heterocycles. The molecule has 4 nitrogen and oxygen atoms in total. The quantitative estimate of drug-likeness (QED) is 0.857. The number of rotatable bonds is 5. The first-order valence-corrected chi connectivity index (χ1v) is 8.04. The van der Waals surface area contributed by atoms with Gasteiger partial charge in [-0.05, 0) is 44.3 Å². The number of fused-ring (bicyclic) bond motifs is 1. The summed E-state index contributed by atoms with van der Waals surface area (Å²) in [5, 5.41) is 4.65. The van der Waals surface area contributed by atoms with Crippen LogP contribution in [0.3, 0.4) is 0 Å². The third-order valence-corrected chi connectivity index (χ3v) is 4.14. The Kier molecular flexibility index (Phi) is 4.65. The summed E-state index contributed by atoms with van der Waals surface area (Å²) >= 11 is 0. The maximum atomic E-state index is 4.72. The van der Waals surface area contributed by atoms with Crippen molar-refractivity contribution in [2.45, 2.75) is 26.2 Å². The second kappa shape index (κ2) is 6.85. The van der Waals surface area contributed by atoms with Crippen LogP contribution in [-0.2, 0) is 0 Å². The second-order valence-electron chi connectivity index (χ2n) is 5.89. The van der Waals surface area contributed by atoms with Crippen LogP contribution in [0.15, 0.2) is 30.5 Å². The van der Waals surface area contributed by atoms with E-state index in [1.807, 2.05) is 18.3 Å². The first-order valence-electron chi connectivity index (χ1n) is 8.04. The Balaban J connectivity index is 1.69. The normalized spacial score (nSPS) is 19.1. The Morgan fingerprint density at radius 2 is 2.24 bits per heavy atom. The fraction of sp³-hybridized carbons (Fsp3) is 0.529. The van der Waals surface area contributed by atoms with E-state index in [-0.39, 0.29) is 0 Å². The fourth-order valence-corrected chi connectivity index (χ4v) is 3.01. The largest absolute Gasteiger partial charge is 0.340 e. The third-order valence-electron chi connectivity index (χ3n) is 4.14. The van der Waals surface area contributed by atoms with Gasteiger partial charge >= 0.3 is 0 Å². The Morgan fingerprint density at radius 3 is 3.14 bits per heavy atom. The van der Waals surface area contributed by atoms with E-state index in [9.17, 15) is 0 Å². The van der Waals surface area contributed by atoms with Crippen molar-refractivity contribution in [2.75, 3.05) is 31.1 Å². The third kappa shape index (κ3) is 3.50. The summed E-state index contributed by atoms with van der Waals surface area (Å²) in [5.41, 5.74) is 1.04. The zero-order valence-electron chi connectivity index (χ0n) is 12.8. The van der Waals surface area contributed by atoms with Gasteiger partial charge in [-0.2, -0.15) is 0 Å². The molecule has 1 saturated heterocycles. The summed E-state index contributed by atoms with van der Waals surface area (Å²) in [5.74, 6) is 1.59. The van der Waals surface area contributed by atoms with E-state index in [4.69, 9.17) is 4.98 Å². The number of nitrogens with one attached hydrogen (secondary N) is 1. The van der Waals surface area contributed by atoms with Crippen molar-refractivity contribution >= 4 is 16.9 Å². The fourth-order valence-electron chi connectivity index (χ4n) is 3.01. The van der Waals surface area contributed by atoms with Crippen LogP contribution in [0, 0.1) is 5.92 Å². The van der Waals surface area contributed by atoms with Gasteiger partial charge in [-0.15, -0.1) is 0 Å². The van der Waals surface area contributed by atoms with Gasteiger partial charge in [0.25, 0.3) is 0 Å². The molecule has 1 unspecified atom stereocenters. The second-order valence-corrected chi connectivity index (χ2v) is 5.89. The summed E-state index contributed by atoms with van der Waals surface area (Å²) in [6.07, 6.45) is 5.68. The van der Waals surface area contributed by atoms with Gasteiger partial charge in [0.05, 0.1) is 5.52 Å². The van der Waals surface area contributed by atoms with Crippen molar-refractivity contribution in [3.05, 3.63) is 30.5 Å². The lowest BCUT2D eigenvalue weighted by Gasteiger charge is -2.33. The van der Waals surface area contributed by atoms with Crippen LogP contribution >= 0.6 is 0 Å². The number of anilines is 1. The molecular formula is C17H24N4. The Bertz CT molecular complexity index is 584.